The smallest absolute Gasteiger partial charge is 0.0197 e. The Hall–Kier alpha value is -0.880. The van der Waals surface area contributed by atoms with Gasteiger partial charge in [-0.25, -0.2) is 0 Å². The van der Waals surface area contributed by atoms with Crippen LogP contribution in [0.25, 0.3) is 0 Å². The molecule has 0 bridgehead atoms. The van der Waals surface area contributed by atoms with E-state index in [0.717, 1.165) is 32.1 Å². The van der Waals surface area contributed by atoms with Crippen molar-refractivity contribution in [2.45, 2.75) is 39.0 Å². The average Bonchev–Trinajstić information content (AvgIpc) is 2.05. The van der Waals surface area contributed by atoms with E-state index >= 15 is 0 Å². The minimum atomic E-state index is 0.445. The highest BCUT2D eigenvalue weighted by Gasteiger charge is 1.99. The molecule has 0 N–H and O–H groups in total. The van der Waals surface area contributed by atoms with Gasteiger partial charge < -0.3 is 0 Å². The Kier molecular flexibility index (Phi) is 6.65. The van der Waals surface area contributed by atoms with E-state index in [2.05, 4.69) is 18.8 Å². The predicted molar refractivity (Wildman–Crippen MR) is 48.2 cm³/mol. The van der Waals surface area contributed by atoms with Gasteiger partial charge in [0.25, 0.3) is 0 Å². The molecule has 0 aliphatic heterocycles. The molecule has 0 saturated carbocycles. The fourth-order valence-corrected chi connectivity index (χ4v) is 1.01. The molecule has 0 heteroatoms. The molecule has 0 aromatic carbocycles. The fourth-order valence-electron chi connectivity index (χ4n) is 1.01. The lowest BCUT2D eigenvalue weighted by Gasteiger charge is -2.04. The van der Waals surface area contributed by atoms with Gasteiger partial charge in [0, 0.05) is 12.3 Å². The summed E-state index contributed by atoms with van der Waals surface area (Å²) in [5, 5.41) is 0. The first-order chi connectivity index (χ1) is 5.35. The van der Waals surface area contributed by atoms with Crippen molar-refractivity contribution in [2.75, 3.05) is 0 Å². The molecule has 0 saturated heterocycles. The molecule has 1 unspecified atom stereocenters. The molecular formula is C11H15. The lowest BCUT2D eigenvalue weighted by atomic mass is 10.00. The third kappa shape index (κ3) is 5.56. The molecular weight excluding hydrogens is 132 g/mol. The molecule has 59 valence electrons. The molecule has 0 fully saturated rings. The van der Waals surface area contributed by atoms with Crippen LogP contribution in [0.5, 0.6) is 0 Å². The van der Waals surface area contributed by atoms with Gasteiger partial charge >= 0.3 is 0 Å². The van der Waals surface area contributed by atoms with E-state index in [1.54, 1.807) is 0 Å². The summed E-state index contributed by atoms with van der Waals surface area (Å²) in [6, 6.07) is 0. The van der Waals surface area contributed by atoms with Crippen molar-refractivity contribution in [1.82, 2.24) is 0 Å². The first-order valence-corrected chi connectivity index (χ1v) is 4.20. The predicted octanol–water partition coefficient (Wildman–Crippen LogP) is 2.80. The highest BCUT2D eigenvalue weighted by atomic mass is 14.0. The summed E-state index contributed by atoms with van der Waals surface area (Å²) < 4.78 is 0. The number of terminal acetylenes is 1. The van der Waals surface area contributed by atoms with Crippen molar-refractivity contribution in [3.8, 4) is 18.3 Å². The molecule has 0 aromatic rings. The highest BCUT2D eigenvalue weighted by Crippen LogP contribution is 2.11. The molecule has 0 aromatic heterocycles. The second-order valence-electron chi connectivity index (χ2n) is 2.69. The van der Waals surface area contributed by atoms with Gasteiger partial charge in [-0.3, -0.25) is 0 Å². The minimum Gasteiger partial charge on any atom is -0.120 e. The molecule has 1 atom stereocenters. The summed E-state index contributed by atoms with van der Waals surface area (Å²) in [5.74, 6) is 5.58. The summed E-state index contributed by atoms with van der Waals surface area (Å²) in [7, 11) is 0. The summed E-state index contributed by atoms with van der Waals surface area (Å²) >= 11 is 0. The van der Waals surface area contributed by atoms with Gasteiger partial charge in [-0.1, -0.05) is 19.3 Å². The fraction of sp³-hybridized carbons (Fsp3) is 0.636. The van der Waals surface area contributed by atoms with Crippen molar-refractivity contribution in [3.63, 3.8) is 0 Å². The second kappa shape index (κ2) is 7.23. The normalized spacial score (nSPS) is 11.5. The molecule has 0 nitrogen and oxygen atoms in total. The van der Waals surface area contributed by atoms with Gasteiger partial charge in [-0.2, -0.15) is 0 Å². The zero-order valence-corrected chi connectivity index (χ0v) is 7.19. The standard InChI is InChI=1S/C11H15/c1-4-7-8-9-10-11(5-2)6-3/h2,11H,6-10H2,3H3. The third-order valence-electron chi connectivity index (χ3n) is 1.83. The van der Waals surface area contributed by atoms with Gasteiger partial charge in [-0.15, -0.1) is 12.3 Å². The summed E-state index contributed by atoms with van der Waals surface area (Å²) in [6.45, 7) is 2.12. The second-order valence-corrected chi connectivity index (χ2v) is 2.69. The van der Waals surface area contributed by atoms with Crippen molar-refractivity contribution in [3.05, 3.63) is 6.42 Å². The van der Waals surface area contributed by atoms with E-state index < -0.39 is 0 Å². The van der Waals surface area contributed by atoms with Crippen LogP contribution in [0, 0.1) is 30.6 Å². The quantitative estimate of drug-likeness (QED) is 0.414. The largest absolute Gasteiger partial charge is 0.120 e. The van der Waals surface area contributed by atoms with Crippen molar-refractivity contribution in [2.24, 2.45) is 5.92 Å². The van der Waals surface area contributed by atoms with Crippen molar-refractivity contribution in [1.29, 1.82) is 0 Å². The van der Waals surface area contributed by atoms with E-state index in [-0.39, 0.29) is 0 Å². The van der Waals surface area contributed by atoms with E-state index in [0.29, 0.717) is 5.92 Å². The van der Waals surface area contributed by atoms with Crippen LogP contribution in [0.4, 0.5) is 0 Å². The molecule has 0 aliphatic carbocycles. The zero-order valence-electron chi connectivity index (χ0n) is 7.19. The zero-order chi connectivity index (χ0) is 8.53. The molecule has 0 amide bonds. The third-order valence-corrected chi connectivity index (χ3v) is 1.83. The summed E-state index contributed by atoms with van der Waals surface area (Å²) in [6.07, 6.45) is 17.1. The Morgan fingerprint density at radius 1 is 1.45 bits per heavy atom. The maximum Gasteiger partial charge on any atom is 0.0197 e. The van der Waals surface area contributed by atoms with Crippen LogP contribution in [0.15, 0.2) is 0 Å². The topological polar surface area (TPSA) is 0 Å². The minimum absolute atomic E-state index is 0.445. The Labute approximate surface area is 70.4 Å². The van der Waals surface area contributed by atoms with Crippen LogP contribution in [-0.4, -0.2) is 0 Å². The molecule has 11 heavy (non-hydrogen) atoms. The van der Waals surface area contributed by atoms with Crippen molar-refractivity contribution >= 4 is 0 Å². The van der Waals surface area contributed by atoms with Crippen LogP contribution in [-0.2, 0) is 0 Å². The van der Waals surface area contributed by atoms with Crippen LogP contribution in [0.2, 0.25) is 0 Å². The first kappa shape index (κ1) is 10.1. The Morgan fingerprint density at radius 3 is 2.64 bits per heavy atom. The molecule has 0 spiro atoms. The van der Waals surface area contributed by atoms with E-state index in [4.69, 9.17) is 12.8 Å². The van der Waals surface area contributed by atoms with E-state index in [1.807, 2.05) is 0 Å². The summed E-state index contributed by atoms with van der Waals surface area (Å²) in [5.41, 5.74) is 0. The number of rotatable bonds is 5. The Bertz CT molecular complexity index is 154. The maximum atomic E-state index is 6.69. The van der Waals surface area contributed by atoms with E-state index in [1.165, 1.54) is 0 Å². The lowest BCUT2D eigenvalue weighted by Crippen LogP contribution is -1.93. The molecule has 0 aliphatic rings. The SMILES string of the molecule is [C]#CCCCCC(C#C)CC. The Balaban J connectivity index is 3.25. The van der Waals surface area contributed by atoms with Crippen LogP contribution in [0.1, 0.15) is 39.0 Å². The highest BCUT2D eigenvalue weighted by molar-refractivity contribution is 4.91. The first-order valence-electron chi connectivity index (χ1n) is 4.20. The van der Waals surface area contributed by atoms with Gasteiger partial charge in [0.05, 0.1) is 0 Å². The summed E-state index contributed by atoms with van der Waals surface area (Å²) in [4.78, 5) is 0. The van der Waals surface area contributed by atoms with Gasteiger partial charge in [0.15, 0.2) is 0 Å². The van der Waals surface area contributed by atoms with Gasteiger partial charge in [0.2, 0.25) is 0 Å². The number of hydrogen-bond acceptors (Lipinski definition) is 0. The van der Waals surface area contributed by atoms with Gasteiger partial charge in [-0.05, 0) is 25.7 Å². The molecule has 0 heterocycles. The maximum absolute atomic E-state index is 6.69. The number of unbranched alkanes of at least 4 members (excludes halogenated alkanes) is 2. The molecule has 0 rings (SSSR count). The monoisotopic (exact) mass is 147 g/mol. The van der Waals surface area contributed by atoms with Crippen LogP contribution >= 0.6 is 0 Å². The Morgan fingerprint density at radius 2 is 2.18 bits per heavy atom. The lowest BCUT2D eigenvalue weighted by molar-refractivity contribution is 0.549. The van der Waals surface area contributed by atoms with Crippen molar-refractivity contribution < 1.29 is 0 Å². The van der Waals surface area contributed by atoms with Gasteiger partial charge in [0.1, 0.15) is 0 Å². The van der Waals surface area contributed by atoms with Crippen LogP contribution < -0.4 is 0 Å². The van der Waals surface area contributed by atoms with E-state index in [9.17, 15) is 0 Å². The average molecular weight is 147 g/mol. The molecule has 1 radical (unpaired) electrons. The number of hydrogen-bond donors (Lipinski definition) is 0. The van der Waals surface area contributed by atoms with Crippen LogP contribution in [0.3, 0.4) is 0 Å².